The Bertz CT molecular complexity index is 812. The molecular formula is C15H14ClIN2O3S. The highest BCUT2D eigenvalue weighted by atomic mass is 127. The Hall–Kier alpha value is -1.16. The molecule has 2 N–H and O–H groups in total. The van der Waals surface area contributed by atoms with E-state index in [9.17, 15) is 13.2 Å². The van der Waals surface area contributed by atoms with Crippen molar-refractivity contribution >= 4 is 50.1 Å². The van der Waals surface area contributed by atoms with E-state index in [2.05, 4.69) is 32.6 Å². The van der Waals surface area contributed by atoms with Crippen molar-refractivity contribution in [3.63, 3.8) is 0 Å². The van der Waals surface area contributed by atoms with Gasteiger partial charge in [0.1, 0.15) is 0 Å². The molecule has 2 aromatic rings. The maximum Gasteiger partial charge on any atom is 0.251 e. The Balaban J connectivity index is 1.86. The first kappa shape index (κ1) is 18.2. The second-order valence-corrected chi connectivity index (χ2v) is 8.07. The van der Waals surface area contributed by atoms with E-state index in [4.69, 9.17) is 11.6 Å². The van der Waals surface area contributed by atoms with Crippen LogP contribution in [0.4, 0.5) is 0 Å². The molecule has 2 aromatic carbocycles. The van der Waals surface area contributed by atoms with Gasteiger partial charge in [-0.3, -0.25) is 4.79 Å². The van der Waals surface area contributed by atoms with Crippen molar-refractivity contribution < 1.29 is 13.2 Å². The summed E-state index contributed by atoms with van der Waals surface area (Å²) in [4.78, 5) is 12.0. The van der Waals surface area contributed by atoms with Crippen LogP contribution in [0.15, 0.2) is 53.4 Å². The van der Waals surface area contributed by atoms with Gasteiger partial charge in [0.15, 0.2) is 0 Å². The molecule has 0 spiro atoms. The second kappa shape index (κ2) is 8.09. The lowest BCUT2D eigenvalue weighted by molar-refractivity contribution is 0.0954. The summed E-state index contributed by atoms with van der Waals surface area (Å²) in [6.07, 6.45) is 0. The van der Waals surface area contributed by atoms with Gasteiger partial charge < -0.3 is 5.32 Å². The molecule has 0 atom stereocenters. The number of hydrogen-bond acceptors (Lipinski definition) is 3. The maximum absolute atomic E-state index is 12.1. The van der Waals surface area contributed by atoms with Crippen molar-refractivity contribution in [2.24, 2.45) is 0 Å². The average molecular weight is 465 g/mol. The van der Waals surface area contributed by atoms with Gasteiger partial charge in [0, 0.05) is 27.2 Å². The number of rotatable bonds is 6. The van der Waals surface area contributed by atoms with Crippen LogP contribution in [0.25, 0.3) is 0 Å². The summed E-state index contributed by atoms with van der Waals surface area (Å²) in [6.45, 7) is 0.272. The van der Waals surface area contributed by atoms with E-state index in [-0.39, 0.29) is 23.9 Å². The molecule has 0 aliphatic carbocycles. The molecule has 0 fully saturated rings. The number of nitrogens with one attached hydrogen (secondary N) is 2. The van der Waals surface area contributed by atoms with E-state index >= 15 is 0 Å². The average Bonchev–Trinajstić information content (AvgIpc) is 2.51. The molecule has 0 radical (unpaired) electrons. The van der Waals surface area contributed by atoms with E-state index < -0.39 is 10.0 Å². The van der Waals surface area contributed by atoms with Gasteiger partial charge in [-0.15, -0.1) is 0 Å². The predicted molar refractivity (Wildman–Crippen MR) is 98.1 cm³/mol. The fourth-order valence-corrected chi connectivity index (χ4v) is 3.69. The molecule has 5 nitrogen and oxygen atoms in total. The molecular weight excluding hydrogens is 451 g/mol. The van der Waals surface area contributed by atoms with Gasteiger partial charge in [0.05, 0.1) is 4.90 Å². The van der Waals surface area contributed by atoms with Gasteiger partial charge in [0.25, 0.3) is 5.91 Å². The molecule has 1 amide bonds. The number of benzene rings is 2. The van der Waals surface area contributed by atoms with Crippen LogP contribution in [-0.4, -0.2) is 27.4 Å². The molecule has 0 aromatic heterocycles. The zero-order valence-electron chi connectivity index (χ0n) is 11.9. The summed E-state index contributed by atoms with van der Waals surface area (Å²) in [5.74, 6) is -0.245. The monoisotopic (exact) mass is 464 g/mol. The summed E-state index contributed by atoms with van der Waals surface area (Å²) in [7, 11) is -3.64. The smallest absolute Gasteiger partial charge is 0.251 e. The third kappa shape index (κ3) is 5.45. The van der Waals surface area contributed by atoms with Crippen LogP contribution in [-0.2, 0) is 10.0 Å². The highest BCUT2D eigenvalue weighted by Crippen LogP contribution is 2.14. The Kier molecular flexibility index (Phi) is 6.40. The number of hydrogen-bond donors (Lipinski definition) is 2. The topological polar surface area (TPSA) is 75.3 Å². The molecule has 122 valence electrons. The highest BCUT2D eigenvalue weighted by molar-refractivity contribution is 14.1. The van der Waals surface area contributed by atoms with E-state index in [0.717, 1.165) is 3.57 Å². The molecule has 8 heteroatoms. The zero-order valence-corrected chi connectivity index (χ0v) is 15.7. The fourth-order valence-electron chi connectivity index (χ4n) is 1.81. The van der Waals surface area contributed by atoms with Crippen molar-refractivity contribution in [1.29, 1.82) is 0 Å². The maximum atomic E-state index is 12.1. The molecule has 23 heavy (non-hydrogen) atoms. The summed E-state index contributed by atoms with van der Waals surface area (Å²) in [5, 5.41) is 3.01. The highest BCUT2D eigenvalue weighted by Gasteiger charge is 2.13. The lowest BCUT2D eigenvalue weighted by Gasteiger charge is -2.08. The van der Waals surface area contributed by atoms with Gasteiger partial charge in [-0.25, -0.2) is 13.1 Å². The number of carbonyl (C=O) groups is 1. The largest absolute Gasteiger partial charge is 0.351 e. The van der Waals surface area contributed by atoms with Gasteiger partial charge in [0.2, 0.25) is 10.0 Å². The fraction of sp³-hybridized carbons (Fsp3) is 0.133. The quantitative estimate of drug-likeness (QED) is 0.510. The van der Waals surface area contributed by atoms with E-state index in [1.807, 2.05) is 6.07 Å². The van der Waals surface area contributed by atoms with Gasteiger partial charge in [-0.2, -0.15) is 0 Å². The van der Waals surface area contributed by atoms with E-state index in [1.54, 1.807) is 30.3 Å². The van der Waals surface area contributed by atoms with Crippen molar-refractivity contribution in [2.75, 3.05) is 13.1 Å². The number of amides is 1. The van der Waals surface area contributed by atoms with Crippen molar-refractivity contribution in [3.8, 4) is 0 Å². The Morgan fingerprint density at radius 1 is 1.09 bits per heavy atom. The second-order valence-electron chi connectivity index (χ2n) is 4.62. The first-order chi connectivity index (χ1) is 10.9. The summed E-state index contributed by atoms with van der Waals surface area (Å²) in [6, 6.07) is 13.1. The minimum Gasteiger partial charge on any atom is -0.351 e. The third-order valence-corrected chi connectivity index (χ3v) is 5.26. The van der Waals surface area contributed by atoms with Crippen LogP contribution in [0.2, 0.25) is 5.02 Å². The lowest BCUT2D eigenvalue weighted by atomic mass is 10.2. The zero-order chi connectivity index (χ0) is 16.9. The first-order valence-electron chi connectivity index (χ1n) is 6.67. The summed E-state index contributed by atoms with van der Waals surface area (Å²) in [5.41, 5.74) is 0.537. The molecule has 0 aliphatic rings. The molecule has 0 heterocycles. The van der Waals surface area contributed by atoms with Gasteiger partial charge in [-0.05, 0) is 59.0 Å². The van der Waals surface area contributed by atoms with Crippen LogP contribution in [0.5, 0.6) is 0 Å². The van der Waals surface area contributed by atoms with Crippen LogP contribution >= 0.6 is 34.2 Å². The SMILES string of the molecule is O=C(NCCNS(=O)(=O)c1cccc(Cl)c1)c1cccc(I)c1. The minimum absolute atomic E-state index is 0.0878. The number of halogens is 2. The molecule has 0 aliphatic heterocycles. The normalized spacial score (nSPS) is 11.2. The Labute approximate surface area is 153 Å². The third-order valence-electron chi connectivity index (χ3n) is 2.90. The van der Waals surface area contributed by atoms with Crippen molar-refractivity contribution in [3.05, 3.63) is 62.7 Å². The van der Waals surface area contributed by atoms with E-state index in [0.29, 0.717) is 10.6 Å². The lowest BCUT2D eigenvalue weighted by Crippen LogP contribution is -2.34. The number of sulfonamides is 1. The van der Waals surface area contributed by atoms with Crippen LogP contribution < -0.4 is 10.0 Å². The molecule has 0 saturated heterocycles. The Morgan fingerprint density at radius 3 is 2.52 bits per heavy atom. The van der Waals surface area contributed by atoms with Crippen molar-refractivity contribution in [2.45, 2.75) is 4.90 Å². The summed E-state index contributed by atoms with van der Waals surface area (Å²) < 4.78 is 27.5. The van der Waals surface area contributed by atoms with Crippen LogP contribution in [0.1, 0.15) is 10.4 Å². The molecule has 0 unspecified atom stereocenters. The summed E-state index contributed by atoms with van der Waals surface area (Å²) >= 11 is 7.91. The van der Waals surface area contributed by atoms with E-state index in [1.165, 1.54) is 12.1 Å². The molecule has 2 rings (SSSR count). The number of carbonyl (C=O) groups excluding carboxylic acids is 1. The minimum atomic E-state index is -3.64. The molecule has 0 bridgehead atoms. The van der Waals surface area contributed by atoms with Crippen LogP contribution in [0, 0.1) is 3.57 Å². The van der Waals surface area contributed by atoms with Gasteiger partial charge in [-0.1, -0.05) is 23.7 Å². The molecule has 0 saturated carbocycles. The van der Waals surface area contributed by atoms with Crippen molar-refractivity contribution in [1.82, 2.24) is 10.0 Å². The Morgan fingerprint density at radius 2 is 1.83 bits per heavy atom. The van der Waals surface area contributed by atoms with Crippen LogP contribution in [0.3, 0.4) is 0 Å². The standard InChI is InChI=1S/C15H14ClIN2O3S/c16-12-4-2-6-14(10-12)23(21,22)19-8-7-18-15(20)11-3-1-5-13(17)9-11/h1-6,9-10,19H,7-8H2,(H,18,20). The van der Waals surface area contributed by atoms with Gasteiger partial charge >= 0.3 is 0 Å². The first-order valence-corrected chi connectivity index (χ1v) is 9.61. The predicted octanol–water partition coefficient (Wildman–Crippen LogP) is 2.65.